The van der Waals surface area contributed by atoms with Gasteiger partial charge in [-0.3, -0.25) is 9.69 Å². The Hall–Kier alpha value is -3.08. The SMILES string of the molecule is CN(C(=O)N[C@H](CC(=O)O)C(=O)O)c1ccc(C#N)cc1. The zero-order valence-corrected chi connectivity index (χ0v) is 11.1. The Morgan fingerprint density at radius 1 is 1.29 bits per heavy atom. The molecular formula is C13H13N3O5. The van der Waals surface area contributed by atoms with Crippen LogP contribution in [0, 0.1) is 11.3 Å². The zero-order chi connectivity index (χ0) is 16.0. The Morgan fingerprint density at radius 3 is 2.29 bits per heavy atom. The standard InChI is InChI=1S/C13H13N3O5/c1-16(9-4-2-8(7-14)3-5-9)13(21)15-10(12(19)20)6-11(17)18/h2-5,10H,6H2,1H3,(H,15,21)(H,17,18)(H,19,20)/t10-/m1/s1. The Bertz CT molecular complexity index is 591. The van der Waals surface area contributed by atoms with Crippen LogP contribution < -0.4 is 10.2 Å². The number of hydrogen-bond acceptors (Lipinski definition) is 4. The van der Waals surface area contributed by atoms with Gasteiger partial charge in [-0.1, -0.05) is 0 Å². The summed E-state index contributed by atoms with van der Waals surface area (Å²) in [6.45, 7) is 0. The lowest BCUT2D eigenvalue weighted by Gasteiger charge is -2.20. The number of amides is 2. The van der Waals surface area contributed by atoms with Gasteiger partial charge < -0.3 is 15.5 Å². The number of carbonyl (C=O) groups excluding carboxylic acids is 1. The van der Waals surface area contributed by atoms with Gasteiger partial charge in [0.05, 0.1) is 18.1 Å². The molecule has 0 heterocycles. The molecule has 3 N–H and O–H groups in total. The van der Waals surface area contributed by atoms with E-state index in [1.54, 1.807) is 0 Å². The van der Waals surface area contributed by atoms with Gasteiger partial charge in [-0.05, 0) is 24.3 Å². The lowest BCUT2D eigenvalue weighted by atomic mass is 10.2. The number of rotatable bonds is 5. The van der Waals surface area contributed by atoms with Gasteiger partial charge in [0.1, 0.15) is 6.04 Å². The third-order valence-corrected chi connectivity index (χ3v) is 2.66. The molecule has 8 heteroatoms. The molecule has 0 spiro atoms. The molecule has 0 aliphatic carbocycles. The van der Waals surface area contributed by atoms with Crippen molar-refractivity contribution in [2.24, 2.45) is 0 Å². The van der Waals surface area contributed by atoms with Crippen molar-refractivity contribution in [3.63, 3.8) is 0 Å². The molecule has 0 radical (unpaired) electrons. The Balaban J connectivity index is 2.78. The van der Waals surface area contributed by atoms with E-state index in [2.05, 4.69) is 5.32 Å². The van der Waals surface area contributed by atoms with E-state index >= 15 is 0 Å². The monoisotopic (exact) mass is 291 g/mol. The quantitative estimate of drug-likeness (QED) is 0.729. The molecule has 0 bridgehead atoms. The van der Waals surface area contributed by atoms with Crippen LogP contribution in [0.1, 0.15) is 12.0 Å². The molecule has 0 fully saturated rings. The number of nitrogens with zero attached hydrogens (tertiary/aromatic N) is 2. The number of nitrogens with one attached hydrogen (secondary N) is 1. The van der Waals surface area contributed by atoms with Gasteiger partial charge in [0, 0.05) is 12.7 Å². The van der Waals surface area contributed by atoms with Gasteiger partial charge >= 0.3 is 18.0 Å². The van der Waals surface area contributed by atoms with Gasteiger partial charge in [-0.15, -0.1) is 0 Å². The van der Waals surface area contributed by atoms with E-state index < -0.39 is 30.4 Å². The van der Waals surface area contributed by atoms with Gasteiger partial charge in [0.15, 0.2) is 0 Å². The fraction of sp³-hybridized carbons (Fsp3) is 0.231. The molecule has 1 aromatic rings. The highest BCUT2D eigenvalue weighted by Gasteiger charge is 2.24. The van der Waals surface area contributed by atoms with Gasteiger partial charge in [0.2, 0.25) is 0 Å². The fourth-order valence-corrected chi connectivity index (χ4v) is 1.50. The smallest absolute Gasteiger partial charge is 0.326 e. The molecule has 0 saturated carbocycles. The van der Waals surface area contributed by atoms with Gasteiger partial charge in [0.25, 0.3) is 0 Å². The van der Waals surface area contributed by atoms with E-state index in [4.69, 9.17) is 15.5 Å². The lowest BCUT2D eigenvalue weighted by molar-refractivity contribution is -0.145. The first-order valence-electron chi connectivity index (χ1n) is 5.84. The molecule has 0 aromatic heterocycles. The van der Waals surface area contributed by atoms with E-state index in [0.29, 0.717) is 11.3 Å². The second kappa shape index (κ2) is 6.91. The number of carbonyl (C=O) groups is 3. The summed E-state index contributed by atoms with van der Waals surface area (Å²) < 4.78 is 0. The summed E-state index contributed by atoms with van der Waals surface area (Å²) in [6, 6.07) is 5.70. The molecule has 1 atom stereocenters. The maximum absolute atomic E-state index is 11.9. The van der Waals surface area contributed by atoms with Crippen molar-refractivity contribution in [1.29, 1.82) is 5.26 Å². The molecule has 1 aromatic carbocycles. The summed E-state index contributed by atoms with van der Waals surface area (Å²) in [7, 11) is 1.40. The number of nitriles is 1. The summed E-state index contributed by atoms with van der Waals surface area (Å²) >= 11 is 0. The van der Waals surface area contributed by atoms with Gasteiger partial charge in [-0.2, -0.15) is 5.26 Å². The third kappa shape index (κ3) is 4.50. The molecule has 21 heavy (non-hydrogen) atoms. The molecule has 8 nitrogen and oxygen atoms in total. The lowest BCUT2D eigenvalue weighted by Crippen LogP contribution is -2.47. The Kier molecular flexibility index (Phi) is 5.25. The fourth-order valence-electron chi connectivity index (χ4n) is 1.50. The molecule has 2 amide bonds. The highest BCUT2D eigenvalue weighted by molar-refractivity contribution is 5.94. The third-order valence-electron chi connectivity index (χ3n) is 2.66. The first-order valence-corrected chi connectivity index (χ1v) is 5.84. The molecule has 0 aliphatic heterocycles. The van der Waals surface area contributed by atoms with Gasteiger partial charge in [-0.25, -0.2) is 9.59 Å². The number of aliphatic carboxylic acids is 2. The minimum absolute atomic E-state index is 0.418. The van der Waals surface area contributed by atoms with E-state index in [1.165, 1.54) is 31.3 Å². The number of anilines is 1. The molecular weight excluding hydrogens is 278 g/mol. The largest absolute Gasteiger partial charge is 0.481 e. The Morgan fingerprint density at radius 2 is 1.86 bits per heavy atom. The van der Waals surface area contributed by atoms with Crippen LogP contribution in [-0.2, 0) is 9.59 Å². The molecule has 0 saturated heterocycles. The summed E-state index contributed by atoms with van der Waals surface area (Å²) in [5.74, 6) is -2.76. The maximum atomic E-state index is 11.9. The maximum Gasteiger partial charge on any atom is 0.326 e. The first-order chi connectivity index (χ1) is 9.85. The number of urea groups is 1. The van der Waals surface area contributed by atoms with Crippen LogP contribution in [0.15, 0.2) is 24.3 Å². The summed E-state index contributed by atoms with van der Waals surface area (Å²) in [5, 5.41) is 28.3. The second-order valence-corrected chi connectivity index (χ2v) is 4.16. The van der Waals surface area contributed by atoms with Crippen molar-refractivity contribution in [2.75, 3.05) is 11.9 Å². The number of carboxylic acids is 2. The normalized spacial score (nSPS) is 11.0. The predicted octanol–water partition coefficient (Wildman–Crippen LogP) is 0.632. The van der Waals surface area contributed by atoms with E-state index in [9.17, 15) is 14.4 Å². The van der Waals surface area contributed by atoms with E-state index in [1.807, 2.05) is 6.07 Å². The zero-order valence-electron chi connectivity index (χ0n) is 11.1. The Labute approximate surface area is 120 Å². The average molecular weight is 291 g/mol. The van der Waals surface area contributed by atoms with Crippen molar-refractivity contribution in [1.82, 2.24) is 5.32 Å². The molecule has 0 aliphatic rings. The molecule has 0 unspecified atom stereocenters. The predicted molar refractivity (Wildman–Crippen MR) is 71.8 cm³/mol. The summed E-state index contributed by atoms with van der Waals surface area (Å²) in [5.41, 5.74) is 0.854. The topological polar surface area (TPSA) is 131 Å². The molecule has 110 valence electrons. The van der Waals surface area contributed by atoms with Crippen LogP contribution in [-0.4, -0.2) is 41.3 Å². The van der Waals surface area contributed by atoms with Crippen molar-refractivity contribution in [3.8, 4) is 6.07 Å². The van der Waals surface area contributed by atoms with Crippen molar-refractivity contribution in [3.05, 3.63) is 29.8 Å². The van der Waals surface area contributed by atoms with Crippen LogP contribution in [0.5, 0.6) is 0 Å². The minimum atomic E-state index is -1.52. The van der Waals surface area contributed by atoms with Crippen molar-refractivity contribution in [2.45, 2.75) is 12.5 Å². The van der Waals surface area contributed by atoms with Crippen LogP contribution in [0.4, 0.5) is 10.5 Å². The second-order valence-electron chi connectivity index (χ2n) is 4.16. The average Bonchev–Trinajstić information content (AvgIpc) is 2.45. The number of benzene rings is 1. The van der Waals surface area contributed by atoms with E-state index in [0.717, 1.165) is 4.90 Å². The highest BCUT2D eigenvalue weighted by Crippen LogP contribution is 2.13. The number of carboxylic acid groups (broad SMARTS) is 2. The van der Waals surface area contributed by atoms with Crippen LogP contribution in [0.2, 0.25) is 0 Å². The first kappa shape index (κ1) is 16.0. The van der Waals surface area contributed by atoms with Crippen molar-refractivity contribution < 1.29 is 24.6 Å². The van der Waals surface area contributed by atoms with Crippen LogP contribution >= 0.6 is 0 Å². The van der Waals surface area contributed by atoms with E-state index in [-0.39, 0.29) is 0 Å². The molecule has 1 rings (SSSR count). The summed E-state index contributed by atoms with van der Waals surface area (Å²) in [4.78, 5) is 34.4. The number of hydrogen-bond donors (Lipinski definition) is 3. The highest BCUT2D eigenvalue weighted by atomic mass is 16.4. The minimum Gasteiger partial charge on any atom is -0.481 e. The van der Waals surface area contributed by atoms with Crippen LogP contribution in [0.25, 0.3) is 0 Å². The summed E-state index contributed by atoms with van der Waals surface area (Å²) in [6.07, 6.45) is -0.720. The van der Waals surface area contributed by atoms with Crippen LogP contribution in [0.3, 0.4) is 0 Å². The van der Waals surface area contributed by atoms with Crippen molar-refractivity contribution >= 4 is 23.7 Å².